The van der Waals surface area contributed by atoms with E-state index in [1.807, 2.05) is 6.07 Å². The Kier molecular flexibility index (Phi) is 3.73. The molecule has 3 aromatic rings. The van der Waals surface area contributed by atoms with Crippen LogP contribution in [0.1, 0.15) is 5.56 Å². The Morgan fingerprint density at radius 3 is 3.05 bits per heavy atom. The standard InChI is InChI=1S/C14H10N4O2S/c1-19-8-20-12-3-2-9(4-10(12)5-15)13-18-11-6-16-7-17-14(11)21-13/h2-4,6-7H,8H2,1H3. The fraction of sp³-hybridized carbons (Fsp3) is 0.143. The van der Waals surface area contributed by atoms with Crippen molar-refractivity contribution in [3.63, 3.8) is 0 Å². The highest BCUT2D eigenvalue weighted by Gasteiger charge is 2.10. The van der Waals surface area contributed by atoms with Crippen LogP contribution in [-0.2, 0) is 4.74 Å². The molecule has 2 aromatic heterocycles. The zero-order valence-electron chi connectivity index (χ0n) is 11.1. The molecule has 0 fully saturated rings. The van der Waals surface area contributed by atoms with Crippen molar-refractivity contribution in [1.29, 1.82) is 5.26 Å². The molecule has 0 N–H and O–H groups in total. The highest BCUT2D eigenvalue weighted by Crippen LogP contribution is 2.31. The number of thiazole rings is 1. The first-order chi connectivity index (χ1) is 10.3. The van der Waals surface area contributed by atoms with Crippen LogP contribution in [0.15, 0.2) is 30.7 Å². The third-order valence-corrected chi connectivity index (χ3v) is 3.78. The number of nitriles is 1. The van der Waals surface area contributed by atoms with Gasteiger partial charge in [-0.05, 0) is 18.2 Å². The molecular formula is C14H10N4O2S. The molecule has 0 aliphatic heterocycles. The molecule has 104 valence electrons. The van der Waals surface area contributed by atoms with E-state index in [0.717, 1.165) is 20.9 Å². The van der Waals surface area contributed by atoms with Crippen molar-refractivity contribution in [3.05, 3.63) is 36.3 Å². The fourth-order valence-electron chi connectivity index (χ4n) is 1.81. The van der Waals surface area contributed by atoms with E-state index in [1.54, 1.807) is 18.3 Å². The van der Waals surface area contributed by atoms with Gasteiger partial charge in [0.2, 0.25) is 0 Å². The van der Waals surface area contributed by atoms with E-state index in [9.17, 15) is 5.26 Å². The van der Waals surface area contributed by atoms with Crippen LogP contribution < -0.4 is 4.74 Å². The monoisotopic (exact) mass is 298 g/mol. The second-order valence-electron chi connectivity index (χ2n) is 4.11. The molecule has 0 atom stereocenters. The summed E-state index contributed by atoms with van der Waals surface area (Å²) in [6, 6.07) is 7.46. The molecule has 0 unspecified atom stereocenters. The molecule has 0 bridgehead atoms. The second-order valence-corrected chi connectivity index (χ2v) is 5.08. The molecule has 2 heterocycles. The number of methoxy groups -OCH3 is 1. The molecule has 7 heteroatoms. The van der Waals surface area contributed by atoms with Gasteiger partial charge in [-0.25, -0.2) is 15.0 Å². The highest BCUT2D eigenvalue weighted by atomic mass is 32.1. The van der Waals surface area contributed by atoms with Gasteiger partial charge in [0, 0.05) is 12.7 Å². The maximum absolute atomic E-state index is 9.22. The van der Waals surface area contributed by atoms with Crippen molar-refractivity contribution in [3.8, 4) is 22.4 Å². The van der Waals surface area contributed by atoms with Crippen molar-refractivity contribution >= 4 is 21.7 Å². The third-order valence-electron chi connectivity index (χ3n) is 2.75. The van der Waals surface area contributed by atoms with Gasteiger partial charge in [-0.2, -0.15) is 5.26 Å². The van der Waals surface area contributed by atoms with Crippen LogP contribution in [0.3, 0.4) is 0 Å². The summed E-state index contributed by atoms with van der Waals surface area (Å²) in [5.74, 6) is 0.490. The minimum atomic E-state index is 0.102. The second kappa shape index (κ2) is 5.83. The largest absolute Gasteiger partial charge is 0.466 e. The molecular weight excluding hydrogens is 288 g/mol. The van der Waals surface area contributed by atoms with Gasteiger partial charge in [-0.3, -0.25) is 0 Å². The molecule has 6 nitrogen and oxygen atoms in total. The zero-order valence-corrected chi connectivity index (χ0v) is 11.9. The first kappa shape index (κ1) is 13.4. The zero-order chi connectivity index (χ0) is 14.7. The van der Waals surface area contributed by atoms with Gasteiger partial charge in [-0.1, -0.05) is 11.3 Å². The molecule has 21 heavy (non-hydrogen) atoms. The number of fused-ring (bicyclic) bond motifs is 1. The van der Waals surface area contributed by atoms with Gasteiger partial charge >= 0.3 is 0 Å². The van der Waals surface area contributed by atoms with Gasteiger partial charge in [0.15, 0.2) is 6.79 Å². The number of rotatable bonds is 4. The minimum absolute atomic E-state index is 0.102. The summed E-state index contributed by atoms with van der Waals surface area (Å²) in [4.78, 5) is 13.4. The maximum atomic E-state index is 9.22. The van der Waals surface area contributed by atoms with Crippen molar-refractivity contribution in [1.82, 2.24) is 15.0 Å². The summed E-state index contributed by atoms with van der Waals surface area (Å²) in [5, 5.41) is 10.0. The molecule has 1 aromatic carbocycles. The Labute approximate surface area is 124 Å². The predicted molar refractivity (Wildman–Crippen MR) is 77.9 cm³/mol. The fourth-order valence-corrected chi connectivity index (χ4v) is 2.69. The minimum Gasteiger partial charge on any atom is -0.466 e. The Bertz CT molecular complexity index is 792. The number of nitrogens with zero attached hydrogens (tertiary/aromatic N) is 4. The van der Waals surface area contributed by atoms with E-state index >= 15 is 0 Å². The van der Waals surface area contributed by atoms with Crippen LogP contribution in [-0.4, -0.2) is 28.9 Å². The number of ether oxygens (including phenoxy) is 2. The van der Waals surface area contributed by atoms with Gasteiger partial charge in [0.25, 0.3) is 0 Å². The van der Waals surface area contributed by atoms with E-state index in [4.69, 9.17) is 9.47 Å². The van der Waals surface area contributed by atoms with Gasteiger partial charge in [-0.15, -0.1) is 0 Å². The van der Waals surface area contributed by atoms with Gasteiger partial charge in [0.1, 0.15) is 33.5 Å². The number of hydrogen-bond donors (Lipinski definition) is 0. The van der Waals surface area contributed by atoms with Crippen LogP contribution in [0.5, 0.6) is 5.75 Å². The molecule has 0 saturated carbocycles. The number of hydrogen-bond acceptors (Lipinski definition) is 7. The summed E-state index contributed by atoms with van der Waals surface area (Å²) in [5.41, 5.74) is 2.03. The van der Waals surface area contributed by atoms with Crippen LogP contribution in [0.4, 0.5) is 0 Å². The predicted octanol–water partition coefficient (Wildman–Crippen LogP) is 2.61. The molecule has 0 saturated heterocycles. The normalized spacial score (nSPS) is 10.5. The quantitative estimate of drug-likeness (QED) is 0.689. The summed E-state index contributed by atoms with van der Waals surface area (Å²) in [6.45, 7) is 0.102. The summed E-state index contributed by atoms with van der Waals surface area (Å²) in [7, 11) is 1.53. The van der Waals surface area contributed by atoms with E-state index in [1.165, 1.54) is 24.8 Å². The van der Waals surface area contributed by atoms with Crippen molar-refractivity contribution in [2.75, 3.05) is 13.9 Å². The van der Waals surface area contributed by atoms with Crippen LogP contribution >= 0.6 is 11.3 Å². The average Bonchev–Trinajstić information content (AvgIpc) is 2.96. The van der Waals surface area contributed by atoms with Gasteiger partial charge < -0.3 is 9.47 Å². The first-order valence-corrected chi connectivity index (χ1v) is 6.86. The average molecular weight is 298 g/mol. The lowest BCUT2D eigenvalue weighted by molar-refractivity contribution is 0.0509. The van der Waals surface area contributed by atoms with Gasteiger partial charge in [0.05, 0.1) is 11.8 Å². The van der Waals surface area contributed by atoms with Crippen LogP contribution in [0, 0.1) is 11.3 Å². The Morgan fingerprint density at radius 2 is 2.29 bits per heavy atom. The maximum Gasteiger partial charge on any atom is 0.188 e. The Balaban J connectivity index is 2.00. The SMILES string of the molecule is COCOc1ccc(-c2nc3cncnc3s2)cc1C#N. The smallest absolute Gasteiger partial charge is 0.188 e. The van der Waals surface area contributed by atoms with Crippen LogP contribution in [0.25, 0.3) is 20.9 Å². The Hall–Kier alpha value is -2.56. The summed E-state index contributed by atoms with van der Waals surface area (Å²) in [6.07, 6.45) is 3.16. The molecule has 0 amide bonds. The van der Waals surface area contributed by atoms with E-state index < -0.39 is 0 Å². The van der Waals surface area contributed by atoms with Crippen molar-refractivity contribution in [2.24, 2.45) is 0 Å². The summed E-state index contributed by atoms with van der Waals surface area (Å²) >= 11 is 1.46. The lowest BCUT2D eigenvalue weighted by atomic mass is 10.1. The van der Waals surface area contributed by atoms with E-state index in [0.29, 0.717) is 11.3 Å². The lowest BCUT2D eigenvalue weighted by Crippen LogP contribution is -2.00. The van der Waals surface area contributed by atoms with E-state index in [2.05, 4.69) is 21.0 Å². The number of aromatic nitrogens is 3. The molecule has 0 spiro atoms. The van der Waals surface area contributed by atoms with Crippen molar-refractivity contribution < 1.29 is 9.47 Å². The summed E-state index contributed by atoms with van der Waals surface area (Å²) < 4.78 is 10.2. The molecule has 0 aliphatic carbocycles. The topological polar surface area (TPSA) is 80.9 Å². The lowest BCUT2D eigenvalue weighted by Gasteiger charge is -2.07. The molecule has 0 radical (unpaired) electrons. The Morgan fingerprint density at radius 1 is 1.38 bits per heavy atom. The first-order valence-electron chi connectivity index (χ1n) is 6.04. The molecule has 3 rings (SSSR count). The molecule has 0 aliphatic rings. The third kappa shape index (κ3) is 2.67. The highest BCUT2D eigenvalue weighted by molar-refractivity contribution is 7.21. The number of benzene rings is 1. The van der Waals surface area contributed by atoms with E-state index in [-0.39, 0.29) is 6.79 Å². The van der Waals surface area contributed by atoms with Crippen LogP contribution in [0.2, 0.25) is 0 Å². The van der Waals surface area contributed by atoms with Crippen molar-refractivity contribution in [2.45, 2.75) is 0 Å².